The highest BCUT2D eigenvalue weighted by molar-refractivity contribution is 5.50. The molecule has 0 aromatic heterocycles. The van der Waals surface area contributed by atoms with Crippen LogP contribution in [0.15, 0.2) is 54.6 Å². The van der Waals surface area contributed by atoms with Gasteiger partial charge in [-0.1, -0.05) is 54.6 Å². The van der Waals surface area contributed by atoms with Crippen molar-refractivity contribution in [1.82, 2.24) is 0 Å². The summed E-state index contributed by atoms with van der Waals surface area (Å²) in [4.78, 5) is 0. The fraction of sp³-hybridized carbons (Fsp3) is 0.250. The molecule has 3 atom stereocenters. The van der Waals surface area contributed by atoms with Crippen LogP contribution in [0.3, 0.4) is 0 Å². The first-order valence-corrected chi connectivity index (χ1v) is 6.09. The van der Waals surface area contributed by atoms with Crippen molar-refractivity contribution in [3.8, 4) is 0 Å². The second-order valence-electron chi connectivity index (χ2n) is 5.02. The van der Waals surface area contributed by atoms with Crippen LogP contribution in [0, 0.1) is 5.92 Å². The molecular weight excluding hydrogens is 192 g/mol. The van der Waals surface area contributed by atoms with E-state index >= 15 is 0 Å². The van der Waals surface area contributed by atoms with Crippen molar-refractivity contribution in [3.63, 3.8) is 0 Å². The topological polar surface area (TPSA) is 0 Å². The summed E-state index contributed by atoms with van der Waals surface area (Å²) in [5, 5.41) is 0. The highest BCUT2D eigenvalue weighted by Crippen LogP contribution is 2.64. The van der Waals surface area contributed by atoms with Crippen LogP contribution in [0.1, 0.15) is 34.9 Å². The quantitative estimate of drug-likeness (QED) is 0.663. The van der Waals surface area contributed by atoms with Crippen LogP contribution in [-0.4, -0.2) is 0 Å². The highest BCUT2D eigenvalue weighted by atomic mass is 14.5. The number of fused-ring (bicyclic) bond motifs is 3. The predicted molar refractivity (Wildman–Crippen MR) is 65.6 cm³/mol. The van der Waals surface area contributed by atoms with Crippen molar-refractivity contribution in [2.75, 3.05) is 0 Å². The molecule has 16 heavy (non-hydrogen) atoms. The lowest BCUT2D eigenvalue weighted by molar-refractivity contribution is 0.726. The Morgan fingerprint density at radius 3 is 2.25 bits per heavy atom. The van der Waals surface area contributed by atoms with Crippen molar-refractivity contribution >= 4 is 0 Å². The Morgan fingerprint density at radius 1 is 0.750 bits per heavy atom. The maximum Gasteiger partial charge on any atom is 0.0126 e. The Hall–Kier alpha value is -1.56. The van der Waals surface area contributed by atoms with Crippen LogP contribution < -0.4 is 0 Å². The molecule has 1 saturated carbocycles. The molecule has 0 radical (unpaired) electrons. The van der Waals surface area contributed by atoms with E-state index in [1.54, 1.807) is 11.1 Å². The first-order chi connectivity index (χ1) is 7.95. The summed E-state index contributed by atoms with van der Waals surface area (Å²) in [6, 6.07) is 20.0. The molecule has 1 fully saturated rings. The Morgan fingerprint density at radius 2 is 1.44 bits per heavy atom. The predicted octanol–water partition coefficient (Wildman–Crippen LogP) is 3.94. The summed E-state index contributed by atoms with van der Waals surface area (Å²) in [6.07, 6.45) is 1.40. The van der Waals surface area contributed by atoms with Crippen LogP contribution in [0.4, 0.5) is 0 Å². The van der Waals surface area contributed by atoms with Crippen LogP contribution >= 0.6 is 0 Å². The lowest BCUT2D eigenvalue weighted by Gasteiger charge is -2.15. The fourth-order valence-electron chi connectivity index (χ4n) is 3.39. The van der Waals surface area contributed by atoms with E-state index in [-0.39, 0.29) is 0 Å². The van der Waals surface area contributed by atoms with Gasteiger partial charge in [-0.05, 0) is 34.9 Å². The summed E-state index contributed by atoms with van der Waals surface area (Å²) >= 11 is 0. The van der Waals surface area contributed by atoms with Crippen LogP contribution in [0.25, 0.3) is 0 Å². The Kier molecular flexibility index (Phi) is 1.59. The summed E-state index contributed by atoms with van der Waals surface area (Å²) in [7, 11) is 0. The number of hydrogen-bond acceptors (Lipinski definition) is 0. The highest BCUT2D eigenvalue weighted by Gasteiger charge is 2.51. The van der Waals surface area contributed by atoms with Gasteiger partial charge in [0.25, 0.3) is 0 Å². The zero-order valence-electron chi connectivity index (χ0n) is 9.14. The monoisotopic (exact) mass is 206 g/mol. The smallest absolute Gasteiger partial charge is 0.0126 e. The molecule has 2 aromatic rings. The van der Waals surface area contributed by atoms with Crippen molar-refractivity contribution < 1.29 is 0 Å². The van der Waals surface area contributed by atoms with Gasteiger partial charge in [-0.25, -0.2) is 0 Å². The molecule has 2 aliphatic carbocycles. The molecule has 0 unspecified atom stereocenters. The molecule has 0 heteroatoms. The maximum absolute atomic E-state index is 2.32. The zero-order valence-corrected chi connectivity index (χ0v) is 9.14. The van der Waals surface area contributed by atoms with Gasteiger partial charge in [0.2, 0.25) is 0 Å². The zero-order chi connectivity index (χ0) is 10.5. The average molecular weight is 206 g/mol. The molecule has 78 valence electrons. The van der Waals surface area contributed by atoms with Gasteiger partial charge in [-0.2, -0.15) is 0 Å². The second-order valence-corrected chi connectivity index (χ2v) is 5.02. The van der Waals surface area contributed by atoms with Gasteiger partial charge >= 0.3 is 0 Å². The molecule has 4 rings (SSSR count). The van der Waals surface area contributed by atoms with Crippen LogP contribution in [-0.2, 0) is 0 Å². The number of rotatable bonds is 1. The van der Waals surface area contributed by atoms with Gasteiger partial charge in [-0.15, -0.1) is 0 Å². The molecule has 0 spiro atoms. The third-order valence-corrected chi connectivity index (χ3v) is 4.16. The van der Waals surface area contributed by atoms with E-state index in [1.165, 1.54) is 12.0 Å². The van der Waals surface area contributed by atoms with E-state index in [4.69, 9.17) is 0 Å². The lowest BCUT2D eigenvalue weighted by atomic mass is 9.89. The number of hydrogen-bond donors (Lipinski definition) is 0. The van der Waals surface area contributed by atoms with Gasteiger partial charge in [0.15, 0.2) is 0 Å². The molecule has 0 amide bonds. The van der Waals surface area contributed by atoms with Crippen molar-refractivity contribution in [2.45, 2.75) is 18.3 Å². The summed E-state index contributed by atoms with van der Waals surface area (Å²) in [5.74, 6) is 2.42. The minimum atomic E-state index is 0.669. The maximum atomic E-state index is 2.32. The van der Waals surface area contributed by atoms with E-state index in [9.17, 15) is 0 Å². The number of benzene rings is 2. The minimum absolute atomic E-state index is 0.669. The summed E-state index contributed by atoms with van der Waals surface area (Å²) < 4.78 is 0. The van der Waals surface area contributed by atoms with Crippen LogP contribution in [0.5, 0.6) is 0 Å². The Balaban J connectivity index is 1.87. The minimum Gasteiger partial charge on any atom is -0.0622 e. The first-order valence-electron chi connectivity index (χ1n) is 6.09. The summed E-state index contributed by atoms with van der Waals surface area (Å²) in [5.41, 5.74) is 4.69. The van der Waals surface area contributed by atoms with E-state index in [2.05, 4.69) is 54.6 Å². The average Bonchev–Trinajstić information content (AvgIpc) is 3.06. The SMILES string of the molecule is c1ccc([C@H]2c3ccccc3[C@H]3C[C@@H]23)cc1. The van der Waals surface area contributed by atoms with E-state index in [1.807, 2.05) is 0 Å². The van der Waals surface area contributed by atoms with E-state index in [0.717, 1.165) is 11.8 Å². The van der Waals surface area contributed by atoms with Crippen molar-refractivity contribution in [2.24, 2.45) is 5.92 Å². The van der Waals surface area contributed by atoms with Gasteiger partial charge < -0.3 is 0 Å². The second kappa shape index (κ2) is 2.98. The molecule has 0 bridgehead atoms. The van der Waals surface area contributed by atoms with E-state index in [0.29, 0.717) is 5.92 Å². The largest absolute Gasteiger partial charge is 0.0622 e. The molecule has 0 N–H and O–H groups in total. The van der Waals surface area contributed by atoms with Gasteiger partial charge in [0.1, 0.15) is 0 Å². The van der Waals surface area contributed by atoms with Gasteiger partial charge in [-0.3, -0.25) is 0 Å². The first kappa shape index (κ1) is 8.58. The molecule has 0 saturated heterocycles. The van der Waals surface area contributed by atoms with Gasteiger partial charge in [0, 0.05) is 5.92 Å². The standard InChI is InChI=1S/C16H14/c1-2-6-11(7-3-1)16-13-9-5-4-8-12(13)14-10-15(14)16/h1-9,14-16H,10H2/t14-,15-,16+/m1/s1. The molecule has 0 heterocycles. The summed E-state index contributed by atoms with van der Waals surface area (Å²) in [6.45, 7) is 0. The lowest BCUT2D eigenvalue weighted by Crippen LogP contribution is -2.00. The molecule has 2 aromatic carbocycles. The molecular formula is C16H14. The third-order valence-electron chi connectivity index (χ3n) is 4.16. The normalized spacial score (nSPS) is 29.6. The Labute approximate surface area is 95.9 Å². The van der Waals surface area contributed by atoms with E-state index < -0.39 is 0 Å². The third kappa shape index (κ3) is 1.05. The van der Waals surface area contributed by atoms with Crippen molar-refractivity contribution in [3.05, 3.63) is 71.3 Å². The molecule has 2 aliphatic rings. The Bertz CT molecular complexity index is 527. The van der Waals surface area contributed by atoms with Crippen molar-refractivity contribution in [1.29, 1.82) is 0 Å². The molecule has 0 nitrogen and oxygen atoms in total. The molecule has 0 aliphatic heterocycles. The fourth-order valence-corrected chi connectivity index (χ4v) is 3.39. The van der Waals surface area contributed by atoms with Crippen LogP contribution in [0.2, 0.25) is 0 Å². The van der Waals surface area contributed by atoms with Gasteiger partial charge in [0.05, 0.1) is 0 Å².